The van der Waals surface area contributed by atoms with Crippen LogP contribution in [0.3, 0.4) is 0 Å². The lowest BCUT2D eigenvalue weighted by Crippen LogP contribution is -1.98. The molecule has 0 heterocycles. The van der Waals surface area contributed by atoms with Crippen molar-refractivity contribution in [3.8, 4) is 44.5 Å². The van der Waals surface area contributed by atoms with Crippen molar-refractivity contribution in [2.45, 2.75) is 26.7 Å². The van der Waals surface area contributed by atoms with Crippen molar-refractivity contribution < 1.29 is 0 Å². The maximum atomic E-state index is 2.44. The van der Waals surface area contributed by atoms with Crippen molar-refractivity contribution >= 4 is 0 Å². The van der Waals surface area contributed by atoms with E-state index in [0.717, 1.165) is 12.8 Å². The van der Waals surface area contributed by atoms with Crippen molar-refractivity contribution in [2.24, 2.45) is 5.92 Å². The standard InChI is InChI=1S/C35H30/c1-24(2)21-25-17-19-28(20-18-25)35-33-22-29-15-9-10-16-30(29)32(33)23-31(26-11-5-3-6-12-26)34(35)27-13-7-4-8-14-27/h3-20,23-24H,21-22H2,1-2H3. The normalized spacial score (nSPS) is 12.0. The lowest BCUT2D eigenvalue weighted by Gasteiger charge is -2.21. The molecular weight excluding hydrogens is 420 g/mol. The predicted octanol–water partition coefficient (Wildman–Crippen LogP) is 9.46. The molecule has 0 fully saturated rings. The van der Waals surface area contributed by atoms with Crippen LogP contribution in [0.5, 0.6) is 0 Å². The molecule has 6 rings (SSSR count). The van der Waals surface area contributed by atoms with Crippen LogP contribution in [0.4, 0.5) is 0 Å². The van der Waals surface area contributed by atoms with Gasteiger partial charge in [0.2, 0.25) is 0 Å². The van der Waals surface area contributed by atoms with Gasteiger partial charge in [-0.1, -0.05) is 123 Å². The van der Waals surface area contributed by atoms with Gasteiger partial charge in [-0.15, -0.1) is 0 Å². The summed E-state index contributed by atoms with van der Waals surface area (Å²) in [6.07, 6.45) is 2.09. The average Bonchev–Trinajstić information content (AvgIpc) is 3.27. The summed E-state index contributed by atoms with van der Waals surface area (Å²) in [5.41, 5.74) is 14.9. The van der Waals surface area contributed by atoms with Crippen LogP contribution >= 0.6 is 0 Å². The minimum absolute atomic E-state index is 0.654. The van der Waals surface area contributed by atoms with Gasteiger partial charge in [0.1, 0.15) is 0 Å². The van der Waals surface area contributed by atoms with Crippen LogP contribution in [0.15, 0.2) is 115 Å². The van der Waals surface area contributed by atoms with E-state index in [4.69, 9.17) is 0 Å². The van der Waals surface area contributed by atoms with Crippen LogP contribution in [0.2, 0.25) is 0 Å². The molecule has 0 N–H and O–H groups in total. The molecule has 0 nitrogen and oxygen atoms in total. The second-order valence-electron chi connectivity index (χ2n) is 10.1. The molecule has 0 unspecified atom stereocenters. The highest BCUT2D eigenvalue weighted by molar-refractivity contribution is 6.01. The summed E-state index contributed by atoms with van der Waals surface area (Å²) < 4.78 is 0. The first-order chi connectivity index (χ1) is 17.2. The molecule has 0 atom stereocenters. The quantitative estimate of drug-likeness (QED) is 0.245. The van der Waals surface area contributed by atoms with E-state index in [2.05, 4.69) is 129 Å². The molecule has 0 amide bonds. The number of benzene rings is 5. The lowest BCUT2D eigenvalue weighted by atomic mass is 9.82. The van der Waals surface area contributed by atoms with E-state index in [0.29, 0.717) is 5.92 Å². The molecular formula is C35H30. The van der Waals surface area contributed by atoms with Crippen LogP contribution in [-0.4, -0.2) is 0 Å². The summed E-state index contributed by atoms with van der Waals surface area (Å²) in [4.78, 5) is 0. The largest absolute Gasteiger partial charge is 0.0625 e. The summed E-state index contributed by atoms with van der Waals surface area (Å²) in [7, 11) is 0. The van der Waals surface area contributed by atoms with Gasteiger partial charge in [-0.3, -0.25) is 0 Å². The van der Waals surface area contributed by atoms with Crippen LogP contribution in [0.25, 0.3) is 44.5 Å². The van der Waals surface area contributed by atoms with Crippen LogP contribution in [0.1, 0.15) is 30.5 Å². The fourth-order valence-corrected chi connectivity index (χ4v) is 5.62. The third-order valence-corrected chi connectivity index (χ3v) is 7.14. The van der Waals surface area contributed by atoms with E-state index in [1.54, 1.807) is 0 Å². The molecule has 5 aromatic carbocycles. The zero-order valence-corrected chi connectivity index (χ0v) is 20.5. The number of hydrogen-bond acceptors (Lipinski definition) is 0. The Labute approximate surface area is 208 Å². The van der Waals surface area contributed by atoms with Crippen molar-refractivity contribution in [3.05, 3.63) is 132 Å². The molecule has 0 bridgehead atoms. The van der Waals surface area contributed by atoms with E-state index < -0.39 is 0 Å². The molecule has 1 aliphatic carbocycles. The monoisotopic (exact) mass is 450 g/mol. The molecule has 0 aromatic heterocycles. The van der Waals surface area contributed by atoms with Gasteiger partial charge >= 0.3 is 0 Å². The van der Waals surface area contributed by atoms with E-state index in [1.165, 1.54) is 61.2 Å². The van der Waals surface area contributed by atoms with Crippen LogP contribution in [0, 0.1) is 5.92 Å². The Bertz CT molecular complexity index is 1470. The summed E-state index contributed by atoms with van der Waals surface area (Å²) in [6, 6.07) is 42.5. The third kappa shape index (κ3) is 4.00. The van der Waals surface area contributed by atoms with E-state index in [1.807, 2.05) is 0 Å². The fraction of sp³-hybridized carbons (Fsp3) is 0.143. The van der Waals surface area contributed by atoms with Crippen molar-refractivity contribution in [3.63, 3.8) is 0 Å². The molecule has 0 saturated carbocycles. The molecule has 0 heteroatoms. The highest BCUT2D eigenvalue weighted by Gasteiger charge is 2.27. The second kappa shape index (κ2) is 9.04. The van der Waals surface area contributed by atoms with Gasteiger partial charge < -0.3 is 0 Å². The first kappa shape index (κ1) is 21.6. The Kier molecular flexibility index (Phi) is 5.58. The molecule has 0 radical (unpaired) electrons. The smallest absolute Gasteiger partial charge is 0.000705 e. The molecule has 0 spiro atoms. The van der Waals surface area contributed by atoms with Gasteiger partial charge in [0.05, 0.1) is 0 Å². The Morgan fingerprint density at radius 2 is 1.14 bits per heavy atom. The number of rotatable bonds is 5. The van der Waals surface area contributed by atoms with Gasteiger partial charge in [0.25, 0.3) is 0 Å². The highest BCUT2D eigenvalue weighted by atomic mass is 14.3. The third-order valence-electron chi connectivity index (χ3n) is 7.14. The molecule has 0 aliphatic heterocycles. The average molecular weight is 451 g/mol. The Morgan fingerprint density at radius 3 is 1.83 bits per heavy atom. The first-order valence-corrected chi connectivity index (χ1v) is 12.7. The van der Waals surface area contributed by atoms with E-state index >= 15 is 0 Å². The minimum Gasteiger partial charge on any atom is -0.0625 e. The van der Waals surface area contributed by atoms with Crippen molar-refractivity contribution in [1.82, 2.24) is 0 Å². The van der Waals surface area contributed by atoms with Gasteiger partial charge in [0.15, 0.2) is 0 Å². The van der Waals surface area contributed by atoms with Gasteiger partial charge in [0, 0.05) is 0 Å². The SMILES string of the molecule is CC(C)Cc1ccc(-c2c3c(cc(-c4ccccc4)c2-c2ccccc2)-c2ccccc2C3)cc1. The topological polar surface area (TPSA) is 0 Å². The Hall–Kier alpha value is -3.90. The zero-order valence-electron chi connectivity index (χ0n) is 20.5. The molecule has 0 saturated heterocycles. The van der Waals surface area contributed by atoms with Crippen LogP contribution < -0.4 is 0 Å². The molecule has 170 valence electrons. The Morgan fingerprint density at radius 1 is 0.543 bits per heavy atom. The predicted molar refractivity (Wildman–Crippen MR) is 150 cm³/mol. The molecule has 5 aromatic rings. The minimum atomic E-state index is 0.654. The first-order valence-electron chi connectivity index (χ1n) is 12.7. The Balaban J connectivity index is 1.68. The molecule has 1 aliphatic rings. The van der Waals surface area contributed by atoms with E-state index in [-0.39, 0.29) is 0 Å². The van der Waals surface area contributed by atoms with Gasteiger partial charge in [-0.2, -0.15) is 0 Å². The summed E-state index contributed by atoms with van der Waals surface area (Å²) in [5, 5.41) is 0. The second-order valence-corrected chi connectivity index (χ2v) is 10.1. The van der Waals surface area contributed by atoms with Crippen LogP contribution in [-0.2, 0) is 12.8 Å². The maximum Gasteiger partial charge on any atom is -0.000705 e. The summed E-state index contributed by atoms with van der Waals surface area (Å²) in [6.45, 7) is 4.57. The zero-order chi connectivity index (χ0) is 23.8. The maximum absolute atomic E-state index is 2.44. The molecule has 35 heavy (non-hydrogen) atoms. The van der Waals surface area contributed by atoms with Gasteiger partial charge in [-0.05, 0) is 86.0 Å². The van der Waals surface area contributed by atoms with E-state index in [9.17, 15) is 0 Å². The van der Waals surface area contributed by atoms with Crippen molar-refractivity contribution in [2.75, 3.05) is 0 Å². The number of fused-ring (bicyclic) bond motifs is 3. The lowest BCUT2D eigenvalue weighted by molar-refractivity contribution is 0.647. The van der Waals surface area contributed by atoms with Crippen molar-refractivity contribution in [1.29, 1.82) is 0 Å². The summed E-state index contributed by atoms with van der Waals surface area (Å²) >= 11 is 0. The fourth-order valence-electron chi connectivity index (χ4n) is 5.62. The highest BCUT2D eigenvalue weighted by Crippen LogP contribution is 2.50. The number of hydrogen-bond donors (Lipinski definition) is 0. The van der Waals surface area contributed by atoms with Gasteiger partial charge in [-0.25, -0.2) is 0 Å². The summed E-state index contributed by atoms with van der Waals surface area (Å²) in [5.74, 6) is 0.654.